The molecule has 0 bridgehead atoms. The third-order valence-electron chi connectivity index (χ3n) is 3.42. The minimum Gasteiger partial charge on any atom is -0.545 e. The molecular weight excluding hydrogens is 327 g/mol. The van der Waals surface area contributed by atoms with Crippen LogP contribution in [0.5, 0.6) is 17.2 Å². The van der Waals surface area contributed by atoms with Crippen molar-refractivity contribution in [2.24, 2.45) is 0 Å². The molecular formula is C20H27LiO5. The van der Waals surface area contributed by atoms with Crippen LogP contribution in [0.1, 0.15) is 69.3 Å². The number of unbranched alkanes of at least 4 members (excludes halogenated alkanes) is 3. The van der Waals surface area contributed by atoms with Gasteiger partial charge in [-0.2, -0.15) is 0 Å². The van der Waals surface area contributed by atoms with Crippen LogP contribution in [0.15, 0.2) is 6.07 Å². The summed E-state index contributed by atoms with van der Waals surface area (Å²) in [4.78, 5) is 11.6. The molecule has 0 heterocycles. The molecule has 0 aromatic heterocycles. The Balaban J connectivity index is 0.00000625. The molecule has 0 saturated heterocycles. The van der Waals surface area contributed by atoms with Crippen LogP contribution in [0.25, 0.3) is 0 Å². The van der Waals surface area contributed by atoms with Crippen LogP contribution in [0.3, 0.4) is 0 Å². The van der Waals surface area contributed by atoms with Crippen molar-refractivity contribution in [3.63, 3.8) is 0 Å². The Labute approximate surface area is 168 Å². The van der Waals surface area contributed by atoms with Gasteiger partial charge in [-0.3, -0.25) is 0 Å². The van der Waals surface area contributed by atoms with Crippen molar-refractivity contribution in [1.29, 1.82) is 0 Å². The topological polar surface area (TPSA) is 67.8 Å². The molecule has 5 nitrogen and oxygen atoms in total. The standard InChI is InChI=1S/C20H28O5.Li/c1-5-9-10-11-12-13-15-16(20(21)22)14-17(23-6-2)19(25-8-4)18(15)24-7-3;/h14H,5-11H2,1-4H3,(H,21,22);/q;+1/p-1. The van der Waals surface area contributed by atoms with Gasteiger partial charge >= 0.3 is 18.9 Å². The number of carbonyl (C=O) groups excluding carboxylic acids is 1. The smallest absolute Gasteiger partial charge is 0.545 e. The van der Waals surface area contributed by atoms with Crippen molar-refractivity contribution < 1.29 is 43.0 Å². The first-order valence-electron chi connectivity index (χ1n) is 8.90. The molecule has 6 heteroatoms. The summed E-state index contributed by atoms with van der Waals surface area (Å²) < 4.78 is 16.9. The van der Waals surface area contributed by atoms with Crippen LogP contribution in [-0.2, 0) is 0 Å². The van der Waals surface area contributed by atoms with Gasteiger partial charge < -0.3 is 24.1 Å². The van der Waals surface area contributed by atoms with Crippen LogP contribution < -0.4 is 38.2 Å². The van der Waals surface area contributed by atoms with Crippen LogP contribution in [-0.4, -0.2) is 25.8 Å². The maximum absolute atomic E-state index is 11.6. The Hall–Kier alpha value is -1.75. The third-order valence-corrected chi connectivity index (χ3v) is 3.42. The van der Waals surface area contributed by atoms with E-state index in [-0.39, 0.29) is 30.0 Å². The normalized spacial score (nSPS) is 9.54. The Morgan fingerprint density at radius 2 is 1.62 bits per heavy atom. The van der Waals surface area contributed by atoms with E-state index in [1.54, 1.807) is 0 Å². The minimum absolute atomic E-state index is 0. The number of hydrogen-bond acceptors (Lipinski definition) is 5. The average molecular weight is 354 g/mol. The summed E-state index contributed by atoms with van der Waals surface area (Å²) >= 11 is 0. The second-order valence-electron chi connectivity index (χ2n) is 5.30. The van der Waals surface area contributed by atoms with Gasteiger partial charge in [-0.05, 0) is 33.3 Å². The van der Waals surface area contributed by atoms with Crippen molar-refractivity contribution in [2.45, 2.75) is 53.4 Å². The van der Waals surface area contributed by atoms with E-state index in [1.165, 1.54) is 6.07 Å². The number of carboxylic acids is 1. The number of benzene rings is 1. The molecule has 1 aromatic rings. The zero-order valence-electron chi connectivity index (χ0n) is 16.6. The first-order chi connectivity index (χ1) is 12.1. The second kappa shape index (κ2) is 13.5. The number of carboxylic acid groups (broad SMARTS) is 1. The van der Waals surface area contributed by atoms with E-state index in [4.69, 9.17) is 14.2 Å². The summed E-state index contributed by atoms with van der Waals surface area (Å²) in [5.41, 5.74) is 0.239. The molecule has 0 N–H and O–H groups in total. The summed E-state index contributed by atoms with van der Waals surface area (Å²) in [5, 5.41) is 11.6. The predicted molar refractivity (Wildman–Crippen MR) is 95.3 cm³/mol. The molecule has 1 rings (SSSR count). The van der Waals surface area contributed by atoms with E-state index in [0.29, 0.717) is 43.5 Å². The largest absolute Gasteiger partial charge is 1.00 e. The first kappa shape index (κ1) is 24.2. The molecule has 0 aliphatic carbocycles. The number of rotatable bonds is 10. The molecule has 0 amide bonds. The zero-order chi connectivity index (χ0) is 18.7. The SMILES string of the molecule is CCCCCC#Cc1c(C(=O)[O-])cc(OCC)c(OCC)c1OCC.[Li+]. The van der Waals surface area contributed by atoms with Crippen molar-refractivity contribution in [1.82, 2.24) is 0 Å². The fourth-order valence-electron chi connectivity index (χ4n) is 2.34. The molecule has 138 valence electrons. The Bertz CT molecular complexity index is 631. The summed E-state index contributed by atoms with van der Waals surface area (Å²) in [6, 6.07) is 1.41. The van der Waals surface area contributed by atoms with Crippen molar-refractivity contribution in [3.8, 4) is 29.1 Å². The van der Waals surface area contributed by atoms with Gasteiger partial charge in [-0.25, -0.2) is 0 Å². The van der Waals surface area contributed by atoms with Gasteiger partial charge in [0, 0.05) is 12.0 Å². The fourth-order valence-corrected chi connectivity index (χ4v) is 2.34. The fraction of sp³-hybridized carbons (Fsp3) is 0.550. The van der Waals surface area contributed by atoms with E-state index in [0.717, 1.165) is 19.3 Å². The van der Waals surface area contributed by atoms with E-state index in [2.05, 4.69) is 18.8 Å². The van der Waals surface area contributed by atoms with E-state index >= 15 is 0 Å². The van der Waals surface area contributed by atoms with Crippen LogP contribution >= 0.6 is 0 Å². The molecule has 0 saturated carbocycles. The molecule has 0 unspecified atom stereocenters. The van der Waals surface area contributed by atoms with E-state index in [1.807, 2.05) is 20.8 Å². The predicted octanol–water partition coefficient (Wildman–Crippen LogP) is 0.182. The summed E-state index contributed by atoms with van der Waals surface area (Å²) in [6.45, 7) is 8.72. The van der Waals surface area contributed by atoms with E-state index < -0.39 is 5.97 Å². The Morgan fingerprint density at radius 3 is 2.15 bits per heavy atom. The van der Waals surface area contributed by atoms with Crippen LogP contribution in [0.2, 0.25) is 0 Å². The van der Waals surface area contributed by atoms with Gasteiger partial charge in [0.2, 0.25) is 5.75 Å². The molecule has 0 aliphatic heterocycles. The number of hydrogen-bond donors (Lipinski definition) is 0. The molecule has 0 atom stereocenters. The number of carbonyl (C=O) groups is 1. The number of aromatic carboxylic acids is 1. The average Bonchev–Trinajstić information content (AvgIpc) is 2.58. The quantitative estimate of drug-likeness (QED) is 0.341. The van der Waals surface area contributed by atoms with Crippen molar-refractivity contribution in [3.05, 3.63) is 17.2 Å². The summed E-state index contributed by atoms with van der Waals surface area (Å²) in [5.74, 6) is 5.67. The molecule has 0 aliphatic rings. The maximum atomic E-state index is 11.6. The van der Waals surface area contributed by atoms with Crippen LogP contribution in [0, 0.1) is 11.8 Å². The van der Waals surface area contributed by atoms with Gasteiger partial charge in [0.15, 0.2) is 11.5 Å². The minimum atomic E-state index is -1.32. The molecule has 0 spiro atoms. The summed E-state index contributed by atoms with van der Waals surface area (Å²) in [7, 11) is 0. The molecule has 0 fully saturated rings. The van der Waals surface area contributed by atoms with Gasteiger partial charge in [0.25, 0.3) is 0 Å². The Kier molecular flexibility index (Phi) is 12.5. The van der Waals surface area contributed by atoms with Crippen molar-refractivity contribution >= 4 is 5.97 Å². The van der Waals surface area contributed by atoms with Gasteiger partial charge in [-0.1, -0.05) is 31.6 Å². The third kappa shape index (κ3) is 6.87. The van der Waals surface area contributed by atoms with E-state index in [9.17, 15) is 9.90 Å². The number of ether oxygens (including phenoxy) is 3. The van der Waals surface area contributed by atoms with Gasteiger partial charge in [-0.15, -0.1) is 0 Å². The van der Waals surface area contributed by atoms with Gasteiger partial charge in [0.05, 0.1) is 31.4 Å². The monoisotopic (exact) mass is 354 g/mol. The molecule has 1 aromatic carbocycles. The maximum Gasteiger partial charge on any atom is 1.00 e. The first-order valence-corrected chi connectivity index (χ1v) is 8.90. The van der Waals surface area contributed by atoms with Crippen molar-refractivity contribution in [2.75, 3.05) is 19.8 Å². The Morgan fingerprint density at radius 1 is 1.00 bits per heavy atom. The summed E-state index contributed by atoms with van der Waals surface area (Å²) in [6.07, 6.45) is 3.87. The zero-order valence-corrected chi connectivity index (χ0v) is 16.6. The van der Waals surface area contributed by atoms with Gasteiger partial charge in [0.1, 0.15) is 0 Å². The second-order valence-corrected chi connectivity index (χ2v) is 5.30. The molecule has 26 heavy (non-hydrogen) atoms. The molecule has 0 radical (unpaired) electrons. The van der Waals surface area contributed by atoms with Crippen LogP contribution in [0.4, 0.5) is 0 Å².